The van der Waals surface area contributed by atoms with Gasteiger partial charge in [0.15, 0.2) is 5.65 Å². The summed E-state index contributed by atoms with van der Waals surface area (Å²) in [6.07, 6.45) is 0.258. The first kappa shape index (κ1) is 20.4. The van der Waals surface area contributed by atoms with Crippen LogP contribution < -0.4 is 14.5 Å². The molecule has 0 radical (unpaired) electrons. The number of carbonyl (C=O) groups is 2. The largest absolute Gasteiger partial charge is 0.456 e. The molecule has 4 aromatic rings. The number of ether oxygens (including phenoxy) is 1. The first-order chi connectivity index (χ1) is 15.8. The van der Waals surface area contributed by atoms with Crippen LogP contribution in [0.15, 0.2) is 61.2 Å². The molecule has 3 amide bonds. The van der Waals surface area contributed by atoms with Crippen LogP contribution in [-0.2, 0) is 11.0 Å². The van der Waals surface area contributed by atoms with Crippen LogP contribution in [0.1, 0.15) is 5.56 Å². The molecule has 166 valence electrons. The van der Waals surface area contributed by atoms with E-state index in [1.165, 1.54) is 18.3 Å². The Hall–Kier alpha value is -4.48. The Morgan fingerprint density at radius 3 is 2.48 bits per heavy atom. The topological polar surface area (TPSA) is 104 Å². The van der Waals surface area contributed by atoms with Gasteiger partial charge in [-0.15, -0.1) is 0 Å². The third-order valence-electron chi connectivity index (χ3n) is 4.92. The van der Waals surface area contributed by atoms with Crippen LogP contribution in [-0.4, -0.2) is 38.6 Å². The zero-order valence-corrected chi connectivity index (χ0v) is 16.6. The number of nitrogens with one attached hydrogen (secondary N) is 1. The van der Waals surface area contributed by atoms with Crippen molar-refractivity contribution in [2.75, 3.05) is 16.3 Å². The van der Waals surface area contributed by atoms with Crippen molar-refractivity contribution in [1.82, 2.24) is 20.2 Å². The second kappa shape index (κ2) is 7.58. The second-order valence-electron chi connectivity index (χ2n) is 7.10. The molecule has 1 fully saturated rings. The second-order valence-corrected chi connectivity index (χ2v) is 7.10. The van der Waals surface area contributed by atoms with Crippen molar-refractivity contribution in [2.24, 2.45) is 0 Å². The molecule has 0 spiro atoms. The van der Waals surface area contributed by atoms with Crippen molar-refractivity contribution in [3.05, 3.63) is 66.7 Å². The Morgan fingerprint density at radius 1 is 0.939 bits per heavy atom. The third-order valence-corrected chi connectivity index (χ3v) is 4.92. The third kappa shape index (κ3) is 3.82. The highest BCUT2D eigenvalue weighted by Crippen LogP contribution is 2.33. The summed E-state index contributed by atoms with van der Waals surface area (Å²) in [7, 11) is 0. The number of carbonyl (C=O) groups excluding carboxylic acids is 2. The summed E-state index contributed by atoms with van der Waals surface area (Å²) in [5.74, 6) is 0.315. The van der Waals surface area contributed by atoms with Gasteiger partial charge in [0.1, 0.15) is 18.0 Å². The Balaban J connectivity index is 1.35. The van der Waals surface area contributed by atoms with Gasteiger partial charge in [0.2, 0.25) is 0 Å². The summed E-state index contributed by atoms with van der Waals surface area (Å²) in [5.41, 5.74) is -0.261. The first-order valence-electron chi connectivity index (χ1n) is 9.53. The van der Waals surface area contributed by atoms with Gasteiger partial charge in [-0.05, 0) is 36.4 Å². The van der Waals surface area contributed by atoms with Crippen molar-refractivity contribution in [1.29, 1.82) is 0 Å². The maximum absolute atomic E-state index is 13.0. The minimum atomic E-state index is -4.62. The number of urea groups is 1. The van der Waals surface area contributed by atoms with E-state index in [1.54, 1.807) is 24.4 Å². The number of aromatic amines is 1. The number of fused-ring (bicyclic) bond motifs is 1. The molecule has 1 aliphatic rings. The van der Waals surface area contributed by atoms with Gasteiger partial charge in [-0.25, -0.2) is 14.7 Å². The number of nitrogens with zero attached hydrogens (tertiary/aromatic N) is 5. The Bertz CT molecular complexity index is 1370. The predicted octanol–water partition coefficient (Wildman–Crippen LogP) is 4.14. The van der Waals surface area contributed by atoms with Crippen molar-refractivity contribution >= 4 is 34.3 Å². The Labute approximate surface area is 183 Å². The van der Waals surface area contributed by atoms with Crippen LogP contribution >= 0.6 is 0 Å². The van der Waals surface area contributed by atoms with E-state index in [0.717, 1.165) is 27.4 Å². The highest BCUT2D eigenvalue weighted by Gasteiger charge is 2.39. The molecule has 5 rings (SSSR count). The fourth-order valence-electron chi connectivity index (χ4n) is 3.36. The minimum Gasteiger partial charge on any atom is -0.456 e. The molecule has 3 aromatic heterocycles. The summed E-state index contributed by atoms with van der Waals surface area (Å²) in [6.45, 7) is -0.406. The van der Waals surface area contributed by atoms with E-state index >= 15 is 0 Å². The number of halogens is 3. The average molecular weight is 454 g/mol. The first-order valence-corrected chi connectivity index (χ1v) is 9.53. The smallest absolute Gasteiger partial charge is 0.417 e. The highest BCUT2D eigenvalue weighted by molar-refractivity contribution is 6.26. The van der Waals surface area contributed by atoms with Crippen molar-refractivity contribution in [3.8, 4) is 11.5 Å². The van der Waals surface area contributed by atoms with Gasteiger partial charge >= 0.3 is 12.2 Å². The number of benzene rings is 1. The van der Waals surface area contributed by atoms with E-state index in [0.29, 0.717) is 23.3 Å². The van der Waals surface area contributed by atoms with E-state index in [1.807, 2.05) is 0 Å². The molecule has 0 atom stereocenters. The average Bonchev–Trinajstić information content (AvgIpc) is 3.37. The molecule has 0 saturated carbocycles. The van der Waals surface area contributed by atoms with Crippen LogP contribution in [0.4, 0.5) is 29.3 Å². The lowest BCUT2D eigenvalue weighted by molar-refractivity contribution is -0.137. The lowest BCUT2D eigenvalue weighted by Gasteiger charge is -2.18. The Kier molecular flexibility index (Phi) is 4.69. The van der Waals surface area contributed by atoms with Gasteiger partial charge in [0.25, 0.3) is 5.91 Å². The zero-order chi connectivity index (χ0) is 23.2. The monoisotopic (exact) mass is 454 g/mol. The van der Waals surface area contributed by atoms with E-state index in [4.69, 9.17) is 4.74 Å². The van der Waals surface area contributed by atoms with Crippen LogP contribution in [0.3, 0.4) is 0 Å². The number of imide groups is 1. The number of pyridine rings is 2. The molecular weight excluding hydrogens is 441 g/mol. The maximum atomic E-state index is 13.0. The minimum absolute atomic E-state index is 0.118. The summed E-state index contributed by atoms with van der Waals surface area (Å²) in [4.78, 5) is 34.9. The molecule has 0 aliphatic carbocycles. The molecule has 1 aromatic carbocycles. The van der Waals surface area contributed by atoms with Crippen molar-refractivity contribution < 1.29 is 27.5 Å². The number of amides is 3. The SMILES string of the molecule is O=C1CN(c2cncc(C(F)(F)F)c2)C(=O)N1c1ccc(Oc2cnc3[nH]ncc3c2)cc1. The van der Waals surface area contributed by atoms with Gasteiger partial charge in [0.05, 0.1) is 35.5 Å². The number of aromatic nitrogens is 4. The van der Waals surface area contributed by atoms with Crippen molar-refractivity contribution in [3.63, 3.8) is 0 Å². The van der Waals surface area contributed by atoms with Crippen LogP contribution in [0.5, 0.6) is 11.5 Å². The fraction of sp³-hybridized carbons (Fsp3) is 0.0952. The van der Waals surface area contributed by atoms with Crippen LogP contribution in [0.2, 0.25) is 0 Å². The standard InChI is InChI=1S/C21H13F3N6O3/c22-21(23,24)13-6-15(9-25-8-13)29-11-18(31)30(20(29)32)14-1-3-16(4-2-14)33-17-5-12-7-27-28-19(12)26-10-17/h1-10H,11H2,(H,26,27,28). The van der Waals surface area contributed by atoms with Gasteiger partial charge < -0.3 is 4.74 Å². The van der Waals surface area contributed by atoms with Crippen molar-refractivity contribution in [2.45, 2.75) is 6.18 Å². The van der Waals surface area contributed by atoms with Crippen LogP contribution in [0, 0.1) is 0 Å². The quantitative estimate of drug-likeness (QED) is 0.465. The summed E-state index contributed by atoms with van der Waals surface area (Å²) in [6, 6.07) is 7.88. The van der Waals surface area contributed by atoms with Gasteiger partial charge in [0, 0.05) is 11.6 Å². The Morgan fingerprint density at radius 2 is 1.73 bits per heavy atom. The molecule has 33 heavy (non-hydrogen) atoms. The number of anilines is 2. The molecule has 0 unspecified atom stereocenters. The predicted molar refractivity (Wildman–Crippen MR) is 110 cm³/mol. The zero-order valence-electron chi connectivity index (χ0n) is 16.6. The van der Waals surface area contributed by atoms with E-state index in [2.05, 4.69) is 20.2 Å². The molecule has 1 N–H and O–H groups in total. The number of rotatable bonds is 4. The molecule has 1 aliphatic heterocycles. The van der Waals surface area contributed by atoms with Gasteiger partial charge in [-0.2, -0.15) is 18.3 Å². The highest BCUT2D eigenvalue weighted by atomic mass is 19.4. The lowest BCUT2D eigenvalue weighted by atomic mass is 10.2. The molecule has 1 saturated heterocycles. The lowest BCUT2D eigenvalue weighted by Crippen LogP contribution is -2.33. The van der Waals surface area contributed by atoms with Crippen LogP contribution in [0.25, 0.3) is 11.0 Å². The number of alkyl halides is 3. The van der Waals surface area contributed by atoms with Gasteiger partial charge in [-0.3, -0.25) is 19.8 Å². The number of hydrogen-bond donors (Lipinski definition) is 1. The van der Waals surface area contributed by atoms with E-state index < -0.39 is 30.2 Å². The summed E-state index contributed by atoms with van der Waals surface area (Å²) >= 11 is 0. The summed E-state index contributed by atoms with van der Waals surface area (Å²) < 4.78 is 44.7. The molecule has 0 bridgehead atoms. The number of H-pyrrole nitrogens is 1. The van der Waals surface area contributed by atoms with Gasteiger partial charge in [-0.1, -0.05) is 0 Å². The molecular formula is C21H13F3N6O3. The molecule has 12 heteroatoms. The molecule has 4 heterocycles. The normalized spacial score (nSPS) is 14.4. The fourth-order valence-corrected chi connectivity index (χ4v) is 3.36. The number of hydrogen-bond acceptors (Lipinski definition) is 6. The molecule has 9 nitrogen and oxygen atoms in total. The van der Waals surface area contributed by atoms with E-state index in [-0.39, 0.29) is 11.4 Å². The summed E-state index contributed by atoms with van der Waals surface area (Å²) in [5, 5.41) is 7.39. The van der Waals surface area contributed by atoms with E-state index in [9.17, 15) is 22.8 Å². The maximum Gasteiger partial charge on any atom is 0.417 e.